The summed E-state index contributed by atoms with van der Waals surface area (Å²) in [5.41, 5.74) is 1.65. The van der Waals surface area contributed by atoms with Gasteiger partial charge in [-0.2, -0.15) is 0 Å². The van der Waals surface area contributed by atoms with E-state index in [1.54, 1.807) is 37.6 Å². The minimum Gasteiger partial charge on any atom is -0.493 e. The third-order valence-electron chi connectivity index (χ3n) is 4.40. The number of likely N-dealkylation sites (tertiary alicyclic amines) is 1. The average Bonchev–Trinajstić information content (AvgIpc) is 2.69. The average molecular weight is 387 g/mol. The molecule has 2 aromatic carbocycles. The van der Waals surface area contributed by atoms with E-state index in [0.717, 1.165) is 37.2 Å². The summed E-state index contributed by atoms with van der Waals surface area (Å²) >= 11 is 5.88. The summed E-state index contributed by atoms with van der Waals surface area (Å²) in [7, 11) is 1.55. The number of rotatable bonds is 6. The molecule has 0 spiro atoms. The molecule has 0 atom stereocenters. The van der Waals surface area contributed by atoms with E-state index < -0.39 is 0 Å². The van der Waals surface area contributed by atoms with Crippen molar-refractivity contribution in [1.82, 2.24) is 4.90 Å². The smallest absolute Gasteiger partial charge is 0.325 e. The highest BCUT2D eigenvalue weighted by Gasteiger charge is 2.16. The van der Waals surface area contributed by atoms with Crippen molar-refractivity contribution in [3.8, 4) is 11.5 Å². The van der Waals surface area contributed by atoms with Gasteiger partial charge in [0.1, 0.15) is 0 Å². The third-order valence-corrected chi connectivity index (χ3v) is 4.65. The molecule has 142 valence electrons. The highest BCUT2D eigenvalue weighted by atomic mass is 35.5. The van der Waals surface area contributed by atoms with Crippen molar-refractivity contribution in [3.63, 3.8) is 0 Å². The second kappa shape index (κ2) is 9.53. The highest BCUT2D eigenvalue weighted by molar-refractivity contribution is 6.30. The molecule has 3 rings (SSSR count). The van der Waals surface area contributed by atoms with Crippen molar-refractivity contribution in [2.24, 2.45) is 4.99 Å². The Morgan fingerprint density at radius 1 is 1.11 bits per heavy atom. The van der Waals surface area contributed by atoms with Gasteiger partial charge in [0.2, 0.25) is 0 Å². The summed E-state index contributed by atoms with van der Waals surface area (Å²) in [6, 6.07) is 12.6. The maximum Gasteiger partial charge on any atom is 0.325 e. The fourth-order valence-electron chi connectivity index (χ4n) is 2.98. The number of hydrogen-bond acceptors (Lipinski definition) is 5. The Bertz CT molecular complexity index is 800. The van der Waals surface area contributed by atoms with Crippen molar-refractivity contribution < 1.29 is 14.3 Å². The first-order valence-electron chi connectivity index (χ1n) is 9.05. The van der Waals surface area contributed by atoms with E-state index in [2.05, 4.69) is 9.89 Å². The first kappa shape index (κ1) is 19.4. The van der Waals surface area contributed by atoms with Crippen molar-refractivity contribution >= 4 is 29.5 Å². The lowest BCUT2D eigenvalue weighted by Gasteiger charge is -2.25. The van der Waals surface area contributed by atoms with Gasteiger partial charge in [0.25, 0.3) is 0 Å². The Morgan fingerprint density at radius 2 is 1.85 bits per heavy atom. The predicted molar refractivity (Wildman–Crippen MR) is 108 cm³/mol. The second-order valence-corrected chi connectivity index (χ2v) is 6.89. The largest absolute Gasteiger partial charge is 0.493 e. The van der Waals surface area contributed by atoms with E-state index in [9.17, 15) is 4.79 Å². The molecule has 0 bridgehead atoms. The van der Waals surface area contributed by atoms with Gasteiger partial charge in [-0.3, -0.25) is 14.7 Å². The quantitative estimate of drug-likeness (QED) is 0.417. The maximum atomic E-state index is 12.2. The molecule has 0 amide bonds. The second-order valence-electron chi connectivity index (χ2n) is 6.46. The summed E-state index contributed by atoms with van der Waals surface area (Å²) in [6.45, 7) is 2.21. The van der Waals surface area contributed by atoms with Crippen LogP contribution >= 0.6 is 11.6 Å². The first-order valence-corrected chi connectivity index (χ1v) is 9.42. The monoisotopic (exact) mass is 386 g/mol. The van der Waals surface area contributed by atoms with Crippen LogP contribution < -0.4 is 9.47 Å². The molecule has 1 fully saturated rings. The van der Waals surface area contributed by atoms with Crippen LogP contribution in [0.4, 0.5) is 5.69 Å². The van der Waals surface area contributed by atoms with Crippen LogP contribution in [0.2, 0.25) is 5.02 Å². The number of carbonyl (C=O) groups excluding carboxylic acids is 1. The summed E-state index contributed by atoms with van der Waals surface area (Å²) in [5, 5.41) is 0.673. The van der Waals surface area contributed by atoms with Gasteiger partial charge in [0, 0.05) is 11.2 Å². The zero-order valence-electron chi connectivity index (χ0n) is 15.4. The number of methoxy groups -OCH3 is 1. The standard InChI is InChI=1S/C21H23ClN2O3/c1-26-20-13-16(14-23-18-8-6-17(22)7-9-18)5-10-19(20)27-21(25)15-24-11-3-2-4-12-24/h5-10,13-14H,2-4,11-12,15H2,1H3. The molecule has 0 radical (unpaired) electrons. The lowest BCUT2D eigenvalue weighted by atomic mass is 10.1. The van der Waals surface area contributed by atoms with Gasteiger partial charge in [0.05, 0.1) is 19.3 Å². The number of carbonyl (C=O) groups is 1. The number of aliphatic imine (C=N–C) groups is 1. The lowest BCUT2D eigenvalue weighted by Crippen LogP contribution is -2.36. The van der Waals surface area contributed by atoms with Crippen molar-refractivity contribution in [2.45, 2.75) is 19.3 Å². The zero-order chi connectivity index (χ0) is 19.1. The molecule has 1 aliphatic rings. The minimum atomic E-state index is -0.266. The number of ether oxygens (including phenoxy) is 2. The zero-order valence-corrected chi connectivity index (χ0v) is 16.1. The molecule has 0 N–H and O–H groups in total. The van der Waals surface area contributed by atoms with Crippen molar-refractivity contribution in [2.75, 3.05) is 26.7 Å². The molecular weight excluding hydrogens is 364 g/mol. The van der Waals surface area contributed by atoms with E-state index in [-0.39, 0.29) is 5.97 Å². The number of esters is 1. The molecule has 0 aliphatic carbocycles. The summed E-state index contributed by atoms with van der Waals surface area (Å²) in [6.07, 6.45) is 5.24. The van der Waals surface area contributed by atoms with Gasteiger partial charge in [-0.05, 0) is 74.0 Å². The van der Waals surface area contributed by atoms with Crippen molar-refractivity contribution in [1.29, 1.82) is 0 Å². The predicted octanol–water partition coefficient (Wildman–Crippen LogP) is 4.49. The van der Waals surface area contributed by atoms with Crippen LogP contribution in [0.1, 0.15) is 24.8 Å². The van der Waals surface area contributed by atoms with Gasteiger partial charge in [-0.1, -0.05) is 18.0 Å². The molecule has 27 heavy (non-hydrogen) atoms. The molecule has 6 heteroatoms. The normalized spacial score (nSPS) is 15.0. The van der Waals surface area contributed by atoms with Crippen LogP contribution in [0.25, 0.3) is 0 Å². The Morgan fingerprint density at radius 3 is 2.56 bits per heavy atom. The van der Waals surface area contributed by atoms with Gasteiger partial charge >= 0.3 is 5.97 Å². The summed E-state index contributed by atoms with van der Waals surface area (Å²) in [5.74, 6) is 0.656. The minimum absolute atomic E-state index is 0.266. The van der Waals surface area contributed by atoms with Crippen LogP contribution in [-0.2, 0) is 4.79 Å². The Kier molecular flexibility index (Phi) is 6.85. The molecule has 0 saturated carbocycles. The van der Waals surface area contributed by atoms with E-state index in [1.807, 2.05) is 18.2 Å². The molecule has 1 heterocycles. The number of halogens is 1. The topological polar surface area (TPSA) is 51.1 Å². The van der Waals surface area contributed by atoms with E-state index in [1.165, 1.54) is 6.42 Å². The summed E-state index contributed by atoms with van der Waals surface area (Å²) < 4.78 is 10.9. The fraction of sp³-hybridized carbons (Fsp3) is 0.333. The number of nitrogens with zero attached hydrogens (tertiary/aromatic N) is 2. The van der Waals surface area contributed by atoms with Gasteiger partial charge < -0.3 is 9.47 Å². The van der Waals surface area contributed by atoms with Crippen molar-refractivity contribution in [3.05, 3.63) is 53.1 Å². The SMILES string of the molecule is COc1cc(C=Nc2ccc(Cl)cc2)ccc1OC(=O)CN1CCCCC1. The van der Waals surface area contributed by atoms with Gasteiger partial charge in [0.15, 0.2) is 11.5 Å². The van der Waals surface area contributed by atoms with E-state index in [4.69, 9.17) is 21.1 Å². The molecule has 2 aromatic rings. The molecule has 1 aliphatic heterocycles. The van der Waals surface area contributed by atoms with E-state index >= 15 is 0 Å². The first-order chi connectivity index (χ1) is 13.1. The lowest BCUT2D eigenvalue weighted by molar-refractivity contribution is -0.136. The van der Waals surface area contributed by atoms with Gasteiger partial charge in [-0.25, -0.2) is 0 Å². The highest BCUT2D eigenvalue weighted by Crippen LogP contribution is 2.28. The third kappa shape index (κ3) is 5.81. The van der Waals surface area contributed by atoms with Crippen LogP contribution in [0.3, 0.4) is 0 Å². The Labute approximate surface area is 164 Å². The summed E-state index contributed by atoms with van der Waals surface area (Å²) in [4.78, 5) is 18.8. The molecular formula is C21H23ClN2O3. The van der Waals surface area contributed by atoms with Crippen LogP contribution in [0, 0.1) is 0 Å². The fourth-order valence-corrected chi connectivity index (χ4v) is 3.11. The van der Waals surface area contributed by atoms with Crippen LogP contribution in [-0.4, -0.2) is 43.8 Å². The number of hydrogen-bond donors (Lipinski definition) is 0. The van der Waals surface area contributed by atoms with Crippen LogP contribution in [0.15, 0.2) is 47.5 Å². The molecule has 5 nitrogen and oxygen atoms in total. The number of benzene rings is 2. The molecule has 1 saturated heterocycles. The van der Waals surface area contributed by atoms with Gasteiger partial charge in [-0.15, -0.1) is 0 Å². The van der Waals surface area contributed by atoms with E-state index in [0.29, 0.717) is 23.1 Å². The number of piperidine rings is 1. The Hall–Kier alpha value is -2.37. The maximum absolute atomic E-state index is 12.2. The molecule has 0 unspecified atom stereocenters. The Balaban J connectivity index is 1.64. The molecule has 0 aromatic heterocycles. The van der Waals surface area contributed by atoms with Crippen LogP contribution in [0.5, 0.6) is 11.5 Å².